The van der Waals surface area contributed by atoms with E-state index in [-0.39, 0.29) is 0 Å². The monoisotopic (exact) mass is 229 g/mol. The Labute approximate surface area is 100 Å². The molecule has 0 aliphatic carbocycles. The molecule has 0 aliphatic rings. The van der Waals surface area contributed by atoms with Gasteiger partial charge < -0.3 is 11.1 Å². The number of nitrogens with two attached hydrogens (primary N) is 1. The third-order valence-corrected chi connectivity index (χ3v) is 1.76. The normalized spacial score (nSPS) is 8.71. The van der Waals surface area contributed by atoms with Crippen molar-refractivity contribution in [2.45, 2.75) is 0 Å². The summed E-state index contributed by atoms with van der Waals surface area (Å²) in [5, 5.41) is 3.15. The molecule has 2 rings (SSSR count). The summed E-state index contributed by atoms with van der Waals surface area (Å²) in [5.74, 6) is 0. The van der Waals surface area contributed by atoms with E-state index in [1.54, 1.807) is 0 Å². The van der Waals surface area contributed by atoms with Crippen molar-refractivity contribution >= 4 is 11.4 Å². The smallest absolute Gasteiger partial charge is 0.119 e. The standard InChI is InChI=1S/C9H12N2.C3H3N3/c1-2-7-11-9-5-3-8(10)4-6-9;1-4-2-6-3-5-1/h2-6,11H,1,7,10H2;1-3H. The zero-order valence-corrected chi connectivity index (χ0v) is 9.45. The topological polar surface area (TPSA) is 76.7 Å². The quantitative estimate of drug-likeness (QED) is 0.619. The Bertz CT molecular complexity index is 386. The van der Waals surface area contributed by atoms with E-state index in [1.165, 1.54) is 19.0 Å². The van der Waals surface area contributed by atoms with Crippen LogP contribution in [0.2, 0.25) is 0 Å². The van der Waals surface area contributed by atoms with Crippen LogP contribution >= 0.6 is 0 Å². The fourth-order valence-electron chi connectivity index (χ4n) is 0.996. The molecular weight excluding hydrogens is 214 g/mol. The molecule has 0 saturated carbocycles. The maximum absolute atomic E-state index is 5.51. The maximum atomic E-state index is 5.51. The molecule has 0 aliphatic heterocycles. The highest BCUT2D eigenvalue weighted by Crippen LogP contribution is 2.09. The molecule has 17 heavy (non-hydrogen) atoms. The van der Waals surface area contributed by atoms with Crippen molar-refractivity contribution in [2.75, 3.05) is 17.6 Å². The maximum Gasteiger partial charge on any atom is 0.119 e. The molecule has 0 amide bonds. The first-order valence-corrected chi connectivity index (χ1v) is 5.08. The van der Waals surface area contributed by atoms with Gasteiger partial charge in [0.05, 0.1) is 0 Å². The molecule has 0 atom stereocenters. The van der Waals surface area contributed by atoms with Crippen molar-refractivity contribution in [2.24, 2.45) is 0 Å². The lowest BCUT2D eigenvalue weighted by atomic mass is 10.3. The minimum absolute atomic E-state index is 0.782. The first-order chi connectivity index (χ1) is 8.33. The molecule has 0 unspecified atom stereocenters. The van der Waals surface area contributed by atoms with Gasteiger partial charge >= 0.3 is 0 Å². The van der Waals surface area contributed by atoms with Gasteiger partial charge in [0.1, 0.15) is 19.0 Å². The van der Waals surface area contributed by atoms with Crippen molar-refractivity contribution in [1.82, 2.24) is 15.0 Å². The Morgan fingerprint density at radius 2 is 1.59 bits per heavy atom. The Kier molecular flexibility index (Phi) is 5.81. The van der Waals surface area contributed by atoms with Crippen molar-refractivity contribution in [3.05, 3.63) is 55.9 Å². The van der Waals surface area contributed by atoms with Gasteiger partial charge in [-0.25, -0.2) is 15.0 Å². The van der Waals surface area contributed by atoms with Gasteiger partial charge in [-0.2, -0.15) is 0 Å². The van der Waals surface area contributed by atoms with E-state index in [1.807, 2.05) is 30.3 Å². The van der Waals surface area contributed by atoms with Crippen molar-refractivity contribution in [3.63, 3.8) is 0 Å². The van der Waals surface area contributed by atoms with Gasteiger partial charge in [0.25, 0.3) is 0 Å². The molecule has 0 bridgehead atoms. The Balaban J connectivity index is 0.000000202. The number of rotatable bonds is 3. The molecule has 2 aromatic rings. The minimum Gasteiger partial charge on any atom is -0.399 e. The lowest BCUT2D eigenvalue weighted by molar-refractivity contribution is 1.05. The second-order valence-corrected chi connectivity index (χ2v) is 3.09. The molecule has 1 heterocycles. The minimum atomic E-state index is 0.782. The third-order valence-electron chi connectivity index (χ3n) is 1.76. The average Bonchev–Trinajstić information content (AvgIpc) is 2.41. The van der Waals surface area contributed by atoms with Crippen molar-refractivity contribution < 1.29 is 0 Å². The second-order valence-electron chi connectivity index (χ2n) is 3.09. The van der Waals surface area contributed by atoms with E-state index in [2.05, 4.69) is 26.8 Å². The number of aromatic nitrogens is 3. The van der Waals surface area contributed by atoms with Gasteiger partial charge in [-0.1, -0.05) is 6.08 Å². The molecule has 0 saturated heterocycles. The average molecular weight is 229 g/mol. The largest absolute Gasteiger partial charge is 0.399 e. The van der Waals surface area contributed by atoms with Crippen LogP contribution in [0.5, 0.6) is 0 Å². The predicted molar refractivity (Wildman–Crippen MR) is 69.4 cm³/mol. The molecule has 1 aromatic carbocycles. The summed E-state index contributed by atoms with van der Waals surface area (Å²) in [4.78, 5) is 10.7. The Morgan fingerprint density at radius 1 is 1.06 bits per heavy atom. The molecule has 0 fully saturated rings. The summed E-state index contributed by atoms with van der Waals surface area (Å²) in [6.07, 6.45) is 6.13. The van der Waals surface area contributed by atoms with E-state index in [4.69, 9.17) is 5.73 Å². The highest BCUT2D eigenvalue weighted by Gasteiger charge is 1.87. The lowest BCUT2D eigenvalue weighted by Gasteiger charge is -2.01. The molecular formula is C12H15N5. The van der Waals surface area contributed by atoms with Crippen LogP contribution < -0.4 is 11.1 Å². The molecule has 88 valence electrons. The van der Waals surface area contributed by atoms with Crippen LogP contribution in [0.15, 0.2) is 55.9 Å². The van der Waals surface area contributed by atoms with Crippen LogP contribution in [0.3, 0.4) is 0 Å². The predicted octanol–water partition coefficient (Wildman–Crippen LogP) is 1.74. The van der Waals surface area contributed by atoms with E-state index in [0.29, 0.717) is 0 Å². The van der Waals surface area contributed by atoms with Crippen LogP contribution in [-0.4, -0.2) is 21.5 Å². The SMILES string of the molecule is C=CCNc1ccc(N)cc1.c1ncncn1. The summed E-state index contributed by atoms with van der Waals surface area (Å²) >= 11 is 0. The van der Waals surface area contributed by atoms with E-state index in [9.17, 15) is 0 Å². The zero-order chi connectivity index (χ0) is 12.3. The second kappa shape index (κ2) is 7.81. The first kappa shape index (κ1) is 12.6. The fourth-order valence-corrected chi connectivity index (χ4v) is 0.996. The number of nitrogen functional groups attached to an aromatic ring is 1. The summed E-state index contributed by atoms with van der Waals surface area (Å²) in [7, 11) is 0. The molecule has 5 heteroatoms. The van der Waals surface area contributed by atoms with Gasteiger partial charge in [-0.15, -0.1) is 6.58 Å². The summed E-state index contributed by atoms with van der Waals surface area (Å²) in [5.41, 5.74) is 7.36. The van der Waals surface area contributed by atoms with Crippen molar-refractivity contribution in [3.8, 4) is 0 Å². The van der Waals surface area contributed by atoms with E-state index in [0.717, 1.165) is 17.9 Å². The first-order valence-electron chi connectivity index (χ1n) is 5.08. The summed E-state index contributed by atoms with van der Waals surface area (Å²) in [6.45, 7) is 4.39. The number of anilines is 2. The van der Waals surface area contributed by atoms with Crippen molar-refractivity contribution in [1.29, 1.82) is 0 Å². The van der Waals surface area contributed by atoms with Gasteiger partial charge in [-0.05, 0) is 24.3 Å². The number of nitrogens with one attached hydrogen (secondary N) is 1. The number of benzene rings is 1. The Hall–Kier alpha value is -2.43. The Morgan fingerprint density at radius 3 is 2.00 bits per heavy atom. The van der Waals surface area contributed by atoms with Gasteiger partial charge in [-0.3, -0.25) is 0 Å². The highest BCUT2D eigenvalue weighted by molar-refractivity contribution is 5.51. The summed E-state index contributed by atoms with van der Waals surface area (Å²) < 4.78 is 0. The molecule has 1 aromatic heterocycles. The fraction of sp³-hybridized carbons (Fsp3) is 0.0833. The molecule has 0 spiro atoms. The van der Waals surface area contributed by atoms with Crippen LogP contribution in [0.25, 0.3) is 0 Å². The van der Waals surface area contributed by atoms with Gasteiger partial charge in [0.15, 0.2) is 0 Å². The molecule has 5 nitrogen and oxygen atoms in total. The van der Waals surface area contributed by atoms with Crippen LogP contribution in [-0.2, 0) is 0 Å². The van der Waals surface area contributed by atoms with Crippen LogP contribution in [0.1, 0.15) is 0 Å². The van der Waals surface area contributed by atoms with Gasteiger partial charge in [0, 0.05) is 17.9 Å². The van der Waals surface area contributed by atoms with Crippen LogP contribution in [0.4, 0.5) is 11.4 Å². The summed E-state index contributed by atoms with van der Waals surface area (Å²) in [6, 6.07) is 7.62. The number of hydrogen-bond donors (Lipinski definition) is 2. The van der Waals surface area contributed by atoms with Crippen LogP contribution in [0, 0.1) is 0 Å². The number of nitrogens with zero attached hydrogens (tertiary/aromatic N) is 3. The van der Waals surface area contributed by atoms with E-state index >= 15 is 0 Å². The number of hydrogen-bond acceptors (Lipinski definition) is 5. The molecule has 0 radical (unpaired) electrons. The molecule has 3 N–H and O–H groups in total. The highest BCUT2D eigenvalue weighted by atomic mass is 14.9. The third kappa shape index (κ3) is 5.88. The van der Waals surface area contributed by atoms with Gasteiger partial charge in [0.2, 0.25) is 0 Å². The lowest BCUT2D eigenvalue weighted by Crippen LogP contribution is -1.97. The zero-order valence-electron chi connectivity index (χ0n) is 9.45. The van der Waals surface area contributed by atoms with E-state index < -0.39 is 0 Å².